The molecule has 0 radical (unpaired) electrons. The van der Waals surface area contributed by atoms with Crippen molar-refractivity contribution >= 4 is 5.97 Å². The molecule has 1 aliphatic heterocycles. The van der Waals surface area contributed by atoms with Crippen molar-refractivity contribution in [2.45, 2.75) is 32.0 Å². The Balaban J connectivity index is 1.71. The van der Waals surface area contributed by atoms with Crippen LogP contribution in [0.4, 0.5) is 0 Å². The van der Waals surface area contributed by atoms with Crippen molar-refractivity contribution in [1.82, 2.24) is 10.1 Å². The molecular weight excluding hydrogens is 296 g/mol. The fourth-order valence-electron chi connectivity index (χ4n) is 2.98. The van der Waals surface area contributed by atoms with E-state index in [0.717, 1.165) is 11.3 Å². The van der Waals surface area contributed by atoms with Gasteiger partial charge in [0.25, 0.3) is 0 Å². The fraction of sp³-hybridized carbons (Fsp3) is 0.412. The Morgan fingerprint density at radius 3 is 2.91 bits per heavy atom. The van der Waals surface area contributed by atoms with Crippen molar-refractivity contribution in [1.29, 1.82) is 0 Å². The van der Waals surface area contributed by atoms with E-state index in [1.807, 2.05) is 48.2 Å². The summed E-state index contributed by atoms with van der Waals surface area (Å²) in [5, 5.41) is 13.5. The lowest BCUT2D eigenvalue weighted by Crippen LogP contribution is -2.35. The molecule has 3 rings (SSSR count). The summed E-state index contributed by atoms with van der Waals surface area (Å²) in [6.07, 6.45) is 0.466. The molecule has 2 heterocycles. The average molecular weight is 316 g/mol. The van der Waals surface area contributed by atoms with Crippen LogP contribution < -0.4 is 0 Å². The van der Waals surface area contributed by atoms with Crippen molar-refractivity contribution in [2.75, 3.05) is 13.2 Å². The molecule has 6 heteroatoms. The highest BCUT2D eigenvalue weighted by Crippen LogP contribution is 2.25. The molecule has 1 aromatic heterocycles. The van der Waals surface area contributed by atoms with Crippen LogP contribution in [0.3, 0.4) is 0 Å². The predicted octanol–water partition coefficient (Wildman–Crippen LogP) is 2.41. The van der Waals surface area contributed by atoms with Crippen LogP contribution in [0.25, 0.3) is 11.3 Å². The number of aromatic nitrogens is 1. The summed E-state index contributed by atoms with van der Waals surface area (Å²) in [5.41, 5.74) is 1.68. The summed E-state index contributed by atoms with van der Waals surface area (Å²) in [4.78, 5) is 13.3. The van der Waals surface area contributed by atoms with Crippen molar-refractivity contribution in [3.05, 3.63) is 42.1 Å². The number of ether oxygens (including phenoxy) is 1. The summed E-state index contributed by atoms with van der Waals surface area (Å²) in [6.45, 7) is 3.55. The zero-order valence-electron chi connectivity index (χ0n) is 13.0. The van der Waals surface area contributed by atoms with E-state index in [9.17, 15) is 9.90 Å². The van der Waals surface area contributed by atoms with Gasteiger partial charge in [-0.3, -0.25) is 9.69 Å². The first-order valence-corrected chi connectivity index (χ1v) is 7.77. The Kier molecular flexibility index (Phi) is 4.73. The first-order chi connectivity index (χ1) is 11.2. The highest BCUT2D eigenvalue weighted by atomic mass is 16.5. The summed E-state index contributed by atoms with van der Waals surface area (Å²) in [7, 11) is 0. The molecule has 1 aromatic carbocycles. The van der Waals surface area contributed by atoms with Crippen LogP contribution in [0.5, 0.6) is 0 Å². The number of carboxylic acid groups (broad SMARTS) is 1. The van der Waals surface area contributed by atoms with Gasteiger partial charge in [0.2, 0.25) is 0 Å². The molecule has 23 heavy (non-hydrogen) atoms. The van der Waals surface area contributed by atoms with Gasteiger partial charge in [-0.05, 0) is 6.92 Å². The summed E-state index contributed by atoms with van der Waals surface area (Å²) < 4.78 is 11.0. The molecule has 1 saturated heterocycles. The molecule has 0 amide bonds. The van der Waals surface area contributed by atoms with Gasteiger partial charge in [-0.2, -0.15) is 0 Å². The summed E-state index contributed by atoms with van der Waals surface area (Å²) >= 11 is 0. The Labute approximate surface area is 134 Å². The first kappa shape index (κ1) is 15.7. The Morgan fingerprint density at radius 2 is 2.22 bits per heavy atom. The smallest absolute Gasteiger partial charge is 0.321 e. The van der Waals surface area contributed by atoms with E-state index < -0.39 is 12.0 Å². The molecule has 0 saturated carbocycles. The summed E-state index contributed by atoms with van der Waals surface area (Å²) in [6, 6.07) is 11.0. The van der Waals surface area contributed by atoms with Crippen LogP contribution in [0.1, 0.15) is 19.0 Å². The quantitative estimate of drug-likeness (QED) is 0.882. The third kappa shape index (κ3) is 3.60. The van der Waals surface area contributed by atoms with E-state index in [0.29, 0.717) is 31.9 Å². The first-order valence-electron chi connectivity index (χ1n) is 7.77. The number of likely N-dealkylation sites (tertiary alicyclic amines) is 1. The van der Waals surface area contributed by atoms with E-state index in [-0.39, 0.29) is 6.10 Å². The monoisotopic (exact) mass is 316 g/mol. The van der Waals surface area contributed by atoms with E-state index in [1.54, 1.807) is 0 Å². The molecule has 6 nitrogen and oxygen atoms in total. The highest BCUT2D eigenvalue weighted by Gasteiger charge is 2.37. The van der Waals surface area contributed by atoms with E-state index >= 15 is 0 Å². The lowest BCUT2D eigenvalue weighted by atomic mass is 10.1. The van der Waals surface area contributed by atoms with Crippen LogP contribution in [0.15, 0.2) is 40.9 Å². The van der Waals surface area contributed by atoms with E-state index in [4.69, 9.17) is 9.26 Å². The molecule has 2 aromatic rings. The van der Waals surface area contributed by atoms with Gasteiger partial charge in [-0.15, -0.1) is 0 Å². The zero-order chi connectivity index (χ0) is 16.2. The van der Waals surface area contributed by atoms with E-state index in [1.165, 1.54) is 0 Å². The molecule has 2 atom stereocenters. The number of nitrogens with zero attached hydrogens (tertiary/aromatic N) is 2. The molecule has 0 spiro atoms. The lowest BCUT2D eigenvalue weighted by molar-refractivity contribution is -0.142. The fourth-order valence-corrected chi connectivity index (χ4v) is 2.98. The predicted molar refractivity (Wildman–Crippen MR) is 83.8 cm³/mol. The number of rotatable bonds is 6. The van der Waals surface area contributed by atoms with Crippen molar-refractivity contribution < 1.29 is 19.2 Å². The largest absolute Gasteiger partial charge is 0.480 e. The molecule has 1 fully saturated rings. The second-order valence-corrected chi connectivity index (χ2v) is 5.65. The highest BCUT2D eigenvalue weighted by molar-refractivity contribution is 5.74. The molecule has 0 unspecified atom stereocenters. The molecule has 1 N–H and O–H groups in total. The SMILES string of the molecule is CCO[C@@H]1C[C@@H](C(=O)O)N(Cc2cc(-c3ccccc3)on2)C1. The second kappa shape index (κ2) is 6.93. The molecule has 122 valence electrons. The molecule has 0 bridgehead atoms. The minimum absolute atomic E-state index is 0.0402. The van der Waals surface area contributed by atoms with Crippen LogP contribution in [0.2, 0.25) is 0 Å². The van der Waals surface area contributed by atoms with Gasteiger partial charge in [-0.25, -0.2) is 0 Å². The standard InChI is InChI=1S/C17H20N2O4/c1-2-22-14-9-15(17(20)21)19(11-14)10-13-8-16(23-18-13)12-6-4-3-5-7-12/h3-8,14-15H,2,9-11H2,1H3,(H,20,21)/t14-,15+/m1/s1. The zero-order valence-corrected chi connectivity index (χ0v) is 13.0. The van der Waals surface area contributed by atoms with Gasteiger partial charge in [0.05, 0.1) is 11.8 Å². The van der Waals surface area contributed by atoms with Gasteiger partial charge in [0.1, 0.15) is 6.04 Å². The normalized spacial score (nSPS) is 21.6. The maximum Gasteiger partial charge on any atom is 0.321 e. The number of carbonyl (C=O) groups is 1. The summed E-state index contributed by atoms with van der Waals surface area (Å²) in [5.74, 6) is -0.132. The number of hydrogen-bond donors (Lipinski definition) is 1. The third-order valence-corrected chi connectivity index (χ3v) is 4.03. The van der Waals surface area contributed by atoms with Crippen LogP contribution in [-0.2, 0) is 16.1 Å². The van der Waals surface area contributed by atoms with Gasteiger partial charge in [-0.1, -0.05) is 35.5 Å². The maximum atomic E-state index is 11.4. The van der Waals surface area contributed by atoms with Crippen LogP contribution in [0, 0.1) is 0 Å². The number of benzene rings is 1. The van der Waals surface area contributed by atoms with Gasteiger partial charge in [0.15, 0.2) is 5.76 Å². The van der Waals surface area contributed by atoms with Gasteiger partial charge in [0, 0.05) is 37.7 Å². The van der Waals surface area contributed by atoms with Gasteiger partial charge < -0.3 is 14.4 Å². The van der Waals surface area contributed by atoms with Gasteiger partial charge >= 0.3 is 5.97 Å². The lowest BCUT2D eigenvalue weighted by Gasteiger charge is -2.18. The molecule has 1 aliphatic rings. The third-order valence-electron chi connectivity index (χ3n) is 4.03. The Morgan fingerprint density at radius 1 is 1.43 bits per heavy atom. The second-order valence-electron chi connectivity index (χ2n) is 5.65. The van der Waals surface area contributed by atoms with E-state index in [2.05, 4.69) is 5.16 Å². The molecule has 0 aliphatic carbocycles. The topological polar surface area (TPSA) is 75.8 Å². The van der Waals surface area contributed by atoms with Crippen LogP contribution in [-0.4, -0.2) is 46.4 Å². The average Bonchev–Trinajstić information content (AvgIpc) is 3.16. The van der Waals surface area contributed by atoms with Crippen molar-refractivity contribution in [3.8, 4) is 11.3 Å². The van der Waals surface area contributed by atoms with Crippen LogP contribution >= 0.6 is 0 Å². The minimum Gasteiger partial charge on any atom is -0.480 e. The van der Waals surface area contributed by atoms with Crippen molar-refractivity contribution in [2.24, 2.45) is 0 Å². The van der Waals surface area contributed by atoms with Crippen molar-refractivity contribution in [3.63, 3.8) is 0 Å². The number of carboxylic acids is 1. The minimum atomic E-state index is -0.820. The number of aliphatic carboxylic acids is 1. The Hall–Kier alpha value is -2.18. The Bertz CT molecular complexity index is 656. The maximum absolute atomic E-state index is 11.4. The number of hydrogen-bond acceptors (Lipinski definition) is 5. The molecular formula is C17H20N2O4.